The quantitative estimate of drug-likeness (QED) is 0.811. The Morgan fingerprint density at radius 1 is 1.53 bits per heavy atom. The number of likely N-dealkylation sites (tertiary alicyclic amines) is 1. The van der Waals surface area contributed by atoms with Crippen LogP contribution in [0.15, 0.2) is 12.4 Å². The number of nitrogen functional groups attached to an aromatic ring is 1. The van der Waals surface area contributed by atoms with Crippen molar-refractivity contribution in [1.82, 2.24) is 14.9 Å². The van der Waals surface area contributed by atoms with E-state index in [-0.39, 0.29) is 11.9 Å². The van der Waals surface area contributed by atoms with E-state index in [1.807, 2.05) is 6.92 Å². The Hall–Kier alpha value is -1.69. The van der Waals surface area contributed by atoms with Crippen molar-refractivity contribution < 1.29 is 9.53 Å². The topological polar surface area (TPSA) is 81.3 Å². The van der Waals surface area contributed by atoms with Crippen molar-refractivity contribution in [3.8, 4) is 0 Å². The molecular formula is C13H20N4O2. The number of piperidine rings is 1. The van der Waals surface area contributed by atoms with Crippen LogP contribution in [-0.4, -0.2) is 40.5 Å². The van der Waals surface area contributed by atoms with Gasteiger partial charge in [0.1, 0.15) is 5.82 Å². The number of hydrogen-bond donors (Lipinski definition) is 1. The van der Waals surface area contributed by atoms with Crippen LogP contribution >= 0.6 is 0 Å². The average molecular weight is 264 g/mol. The normalized spacial score (nSPS) is 20.2. The molecule has 0 spiro atoms. The van der Waals surface area contributed by atoms with Gasteiger partial charge in [0, 0.05) is 13.1 Å². The summed E-state index contributed by atoms with van der Waals surface area (Å²) in [7, 11) is 0. The minimum absolute atomic E-state index is 0.0181. The molecule has 0 amide bonds. The summed E-state index contributed by atoms with van der Waals surface area (Å²) < 4.78 is 5.09. The second-order valence-corrected chi connectivity index (χ2v) is 4.76. The summed E-state index contributed by atoms with van der Waals surface area (Å²) in [6.07, 6.45) is 5.15. The van der Waals surface area contributed by atoms with Gasteiger partial charge >= 0.3 is 5.97 Å². The Kier molecular flexibility index (Phi) is 4.68. The highest BCUT2D eigenvalue weighted by molar-refractivity contribution is 5.72. The first-order valence-electron chi connectivity index (χ1n) is 6.64. The minimum atomic E-state index is -0.0874. The Morgan fingerprint density at radius 3 is 3.05 bits per heavy atom. The number of rotatable bonds is 4. The lowest BCUT2D eigenvalue weighted by molar-refractivity contribution is -0.150. The van der Waals surface area contributed by atoms with Crippen molar-refractivity contribution >= 4 is 11.8 Å². The van der Waals surface area contributed by atoms with Crippen molar-refractivity contribution in [2.75, 3.05) is 25.4 Å². The van der Waals surface area contributed by atoms with Gasteiger partial charge in [-0.3, -0.25) is 14.7 Å². The number of carbonyl (C=O) groups excluding carboxylic acids is 1. The fourth-order valence-corrected chi connectivity index (χ4v) is 2.33. The molecule has 19 heavy (non-hydrogen) atoms. The van der Waals surface area contributed by atoms with E-state index >= 15 is 0 Å². The van der Waals surface area contributed by atoms with Crippen LogP contribution in [0, 0.1) is 5.92 Å². The molecule has 0 aliphatic carbocycles. The molecule has 0 aromatic carbocycles. The highest BCUT2D eigenvalue weighted by atomic mass is 16.5. The highest BCUT2D eigenvalue weighted by Gasteiger charge is 2.26. The number of aromatic nitrogens is 2. The van der Waals surface area contributed by atoms with Crippen molar-refractivity contribution in [3.63, 3.8) is 0 Å². The smallest absolute Gasteiger partial charge is 0.310 e. The Bertz CT molecular complexity index is 421. The molecule has 1 saturated heterocycles. The standard InChI is InChI=1S/C13H20N4O2/c1-2-19-13(18)10-4-3-5-17(8-10)9-11-6-16-12(14)7-15-11/h6-7,10H,2-5,8-9H2,1H3,(H2,14,16). The molecule has 2 heterocycles. The lowest BCUT2D eigenvalue weighted by Gasteiger charge is -2.31. The molecule has 1 aromatic rings. The van der Waals surface area contributed by atoms with E-state index in [0.717, 1.165) is 31.6 Å². The van der Waals surface area contributed by atoms with Gasteiger partial charge in [0.25, 0.3) is 0 Å². The fourth-order valence-electron chi connectivity index (χ4n) is 2.33. The van der Waals surface area contributed by atoms with E-state index in [9.17, 15) is 4.79 Å². The van der Waals surface area contributed by atoms with Gasteiger partial charge in [-0.2, -0.15) is 0 Å². The lowest BCUT2D eigenvalue weighted by atomic mass is 9.98. The van der Waals surface area contributed by atoms with Crippen molar-refractivity contribution in [2.24, 2.45) is 5.92 Å². The third-order valence-corrected chi connectivity index (χ3v) is 3.24. The monoisotopic (exact) mass is 264 g/mol. The summed E-state index contributed by atoms with van der Waals surface area (Å²) >= 11 is 0. The summed E-state index contributed by atoms with van der Waals surface area (Å²) in [6, 6.07) is 0. The maximum absolute atomic E-state index is 11.7. The zero-order valence-electron chi connectivity index (χ0n) is 11.2. The van der Waals surface area contributed by atoms with Gasteiger partial charge in [-0.1, -0.05) is 0 Å². The lowest BCUT2D eigenvalue weighted by Crippen LogP contribution is -2.39. The minimum Gasteiger partial charge on any atom is -0.466 e. The van der Waals surface area contributed by atoms with Crippen LogP contribution < -0.4 is 5.73 Å². The van der Waals surface area contributed by atoms with Gasteiger partial charge in [0.05, 0.1) is 30.6 Å². The first-order chi connectivity index (χ1) is 9.19. The van der Waals surface area contributed by atoms with E-state index in [4.69, 9.17) is 10.5 Å². The Balaban J connectivity index is 1.90. The third-order valence-electron chi connectivity index (χ3n) is 3.24. The summed E-state index contributed by atoms with van der Waals surface area (Å²) in [6.45, 7) is 4.68. The largest absolute Gasteiger partial charge is 0.466 e. The number of nitrogens with two attached hydrogens (primary N) is 1. The summed E-state index contributed by atoms with van der Waals surface area (Å²) in [4.78, 5) is 22.2. The van der Waals surface area contributed by atoms with Crippen molar-refractivity contribution in [2.45, 2.75) is 26.3 Å². The molecule has 0 radical (unpaired) electrons. The van der Waals surface area contributed by atoms with Crippen LogP contribution in [0.2, 0.25) is 0 Å². The molecule has 1 unspecified atom stereocenters. The van der Waals surface area contributed by atoms with Crippen LogP contribution in [-0.2, 0) is 16.1 Å². The zero-order chi connectivity index (χ0) is 13.7. The molecule has 1 aromatic heterocycles. The summed E-state index contributed by atoms with van der Waals surface area (Å²) in [5.41, 5.74) is 6.38. The van der Waals surface area contributed by atoms with E-state index in [1.165, 1.54) is 0 Å². The van der Waals surface area contributed by atoms with E-state index in [1.54, 1.807) is 12.4 Å². The molecule has 6 nitrogen and oxygen atoms in total. The SMILES string of the molecule is CCOC(=O)C1CCCN(Cc2cnc(N)cn2)C1. The van der Waals surface area contributed by atoms with Crippen LogP contribution in [0.5, 0.6) is 0 Å². The van der Waals surface area contributed by atoms with Crippen LogP contribution in [0.4, 0.5) is 5.82 Å². The predicted molar refractivity (Wildman–Crippen MR) is 71.1 cm³/mol. The molecule has 104 valence electrons. The van der Waals surface area contributed by atoms with E-state index in [2.05, 4.69) is 14.9 Å². The molecule has 1 fully saturated rings. The fraction of sp³-hybridized carbons (Fsp3) is 0.615. The number of anilines is 1. The second kappa shape index (κ2) is 6.47. The Labute approximate surface area is 113 Å². The average Bonchev–Trinajstić information content (AvgIpc) is 2.42. The number of hydrogen-bond acceptors (Lipinski definition) is 6. The first kappa shape index (κ1) is 13.7. The maximum atomic E-state index is 11.7. The number of nitrogens with zero attached hydrogens (tertiary/aromatic N) is 3. The maximum Gasteiger partial charge on any atom is 0.310 e. The second-order valence-electron chi connectivity index (χ2n) is 4.76. The van der Waals surface area contributed by atoms with E-state index in [0.29, 0.717) is 19.0 Å². The molecule has 2 N–H and O–H groups in total. The molecule has 6 heteroatoms. The molecule has 1 atom stereocenters. The van der Waals surface area contributed by atoms with E-state index < -0.39 is 0 Å². The number of ether oxygens (including phenoxy) is 1. The molecule has 2 rings (SSSR count). The summed E-state index contributed by atoms with van der Waals surface area (Å²) in [5, 5.41) is 0. The number of carbonyl (C=O) groups is 1. The van der Waals surface area contributed by atoms with Crippen LogP contribution in [0.1, 0.15) is 25.5 Å². The van der Waals surface area contributed by atoms with Gasteiger partial charge in [-0.15, -0.1) is 0 Å². The van der Waals surface area contributed by atoms with Gasteiger partial charge < -0.3 is 10.5 Å². The highest BCUT2D eigenvalue weighted by Crippen LogP contribution is 2.19. The third kappa shape index (κ3) is 3.89. The van der Waals surface area contributed by atoms with Crippen LogP contribution in [0.25, 0.3) is 0 Å². The van der Waals surface area contributed by atoms with Gasteiger partial charge in [-0.25, -0.2) is 4.98 Å². The molecule has 1 aliphatic rings. The van der Waals surface area contributed by atoms with Gasteiger partial charge in [0.2, 0.25) is 0 Å². The molecule has 1 aliphatic heterocycles. The molecular weight excluding hydrogens is 244 g/mol. The van der Waals surface area contributed by atoms with Gasteiger partial charge in [0.15, 0.2) is 0 Å². The van der Waals surface area contributed by atoms with Crippen molar-refractivity contribution in [3.05, 3.63) is 18.1 Å². The zero-order valence-corrected chi connectivity index (χ0v) is 11.2. The van der Waals surface area contributed by atoms with Gasteiger partial charge in [-0.05, 0) is 26.3 Å². The predicted octanol–water partition coefficient (Wildman–Crippen LogP) is 0.834. The molecule has 0 saturated carbocycles. The van der Waals surface area contributed by atoms with Crippen molar-refractivity contribution in [1.29, 1.82) is 0 Å². The number of esters is 1. The Morgan fingerprint density at radius 2 is 2.37 bits per heavy atom. The molecule has 0 bridgehead atoms. The first-order valence-corrected chi connectivity index (χ1v) is 6.64. The van der Waals surface area contributed by atoms with Crippen LogP contribution in [0.3, 0.4) is 0 Å². The summed E-state index contributed by atoms with van der Waals surface area (Å²) in [5.74, 6) is 0.317.